The summed E-state index contributed by atoms with van der Waals surface area (Å²) < 4.78 is 11.1. The first kappa shape index (κ1) is 19.7. The van der Waals surface area contributed by atoms with E-state index in [1.807, 2.05) is 4.90 Å². The second kappa shape index (κ2) is 7.67. The number of carbonyl (C=O) groups excluding carboxylic acids is 2. The Balaban J connectivity index is 1.54. The molecule has 8 nitrogen and oxygen atoms in total. The first-order chi connectivity index (χ1) is 13.9. The van der Waals surface area contributed by atoms with Gasteiger partial charge in [-0.2, -0.15) is 0 Å². The molecule has 2 amide bonds. The van der Waals surface area contributed by atoms with Crippen LogP contribution in [-0.2, 0) is 14.3 Å². The average Bonchev–Trinajstić information content (AvgIpc) is 3.05. The molecule has 1 spiro atoms. The molecule has 1 aromatic carbocycles. The summed E-state index contributed by atoms with van der Waals surface area (Å²) >= 11 is 0. The zero-order chi connectivity index (χ0) is 20.6. The third-order valence-electron chi connectivity index (χ3n) is 6.41. The van der Waals surface area contributed by atoms with Gasteiger partial charge in [0.15, 0.2) is 6.04 Å². The number of likely N-dealkylation sites (tertiary alicyclic amines) is 1. The molecule has 3 aliphatic rings. The summed E-state index contributed by atoms with van der Waals surface area (Å²) in [5.41, 5.74) is -0.605. The Morgan fingerprint density at radius 2 is 1.79 bits per heavy atom. The maximum Gasteiger partial charge on any atom is 0.328 e. The van der Waals surface area contributed by atoms with Crippen molar-refractivity contribution in [2.75, 3.05) is 26.8 Å². The van der Waals surface area contributed by atoms with Crippen molar-refractivity contribution in [2.24, 2.45) is 5.92 Å². The van der Waals surface area contributed by atoms with Crippen molar-refractivity contribution < 1.29 is 29.0 Å². The number of rotatable bonds is 4. The lowest BCUT2D eigenvalue weighted by molar-refractivity contribution is -0.151. The Hall–Kier alpha value is -2.61. The van der Waals surface area contributed by atoms with E-state index in [1.54, 1.807) is 31.4 Å². The summed E-state index contributed by atoms with van der Waals surface area (Å²) in [6, 6.07) is 5.56. The quantitative estimate of drug-likeness (QED) is 0.824. The van der Waals surface area contributed by atoms with Crippen molar-refractivity contribution in [3.05, 3.63) is 29.8 Å². The summed E-state index contributed by atoms with van der Waals surface area (Å²) in [4.78, 5) is 40.9. The predicted octanol–water partition coefficient (Wildman–Crippen LogP) is 1.74. The molecule has 2 aliphatic heterocycles. The van der Waals surface area contributed by atoms with Gasteiger partial charge in [-0.1, -0.05) is 6.42 Å². The van der Waals surface area contributed by atoms with Crippen molar-refractivity contribution in [2.45, 2.75) is 43.9 Å². The highest BCUT2D eigenvalue weighted by Crippen LogP contribution is 2.39. The van der Waals surface area contributed by atoms with Crippen molar-refractivity contribution >= 4 is 17.8 Å². The van der Waals surface area contributed by atoms with Crippen LogP contribution in [0.1, 0.15) is 42.5 Å². The maximum absolute atomic E-state index is 13.3. The lowest BCUT2D eigenvalue weighted by atomic mass is 9.83. The Kier molecular flexibility index (Phi) is 5.21. The van der Waals surface area contributed by atoms with Gasteiger partial charge < -0.3 is 19.5 Å². The zero-order valence-electron chi connectivity index (χ0n) is 16.5. The van der Waals surface area contributed by atoms with E-state index in [0.717, 1.165) is 19.3 Å². The highest BCUT2D eigenvalue weighted by Gasteiger charge is 2.54. The SMILES string of the molecule is COc1ccc(C(=O)N2[C@H](C(=O)O)COC23CCN(C(=O)C2CCC2)CC3)cc1. The number of carboxylic acids is 1. The molecule has 8 heteroatoms. The third kappa shape index (κ3) is 3.46. The fourth-order valence-corrected chi connectivity index (χ4v) is 4.42. The van der Waals surface area contributed by atoms with E-state index < -0.39 is 17.7 Å². The van der Waals surface area contributed by atoms with Gasteiger partial charge in [0, 0.05) is 37.4 Å². The Morgan fingerprint density at radius 3 is 2.31 bits per heavy atom. The first-order valence-electron chi connectivity index (χ1n) is 10.1. The lowest BCUT2D eigenvalue weighted by Crippen LogP contribution is -2.59. The summed E-state index contributed by atoms with van der Waals surface area (Å²) in [5, 5.41) is 9.67. The van der Waals surface area contributed by atoms with Crippen LogP contribution in [0.15, 0.2) is 24.3 Å². The molecule has 3 fully saturated rings. The van der Waals surface area contributed by atoms with Gasteiger partial charge in [-0.25, -0.2) is 4.79 Å². The second-order valence-corrected chi connectivity index (χ2v) is 7.97. The molecule has 29 heavy (non-hydrogen) atoms. The number of amides is 2. The highest BCUT2D eigenvalue weighted by molar-refractivity contribution is 5.97. The molecule has 0 bridgehead atoms. The Labute approximate surface area is 169 Å². The van der Waals surface area contributed by atoms with Crippen molar-refractivity contribution in [3.63, 3.8) is 0 Å². The van der Waals surface area contributed by atoms with E-state index in [-0.39, 0.29) is 24.3 Å². The van der Waals surface area contributed by atoms with Gasteiger partial charge in [0.2, 0.25) is 5.91 Å². The minimum atomic E-state index is -1.09. The van der Waals surface area contributed by atoms with E-state index in [4.69, 9.17) is 9.47 Å². The van der Waals surface area contributed by atoms with Crippen LogP contribution in [0.3, 0.4) is 0 Å². The van der Waals surface area contributed by atoms with Gasteiger partial charge >= 0.3 is 5.97 Å². The summed E-state index contributed by atoms with van der Waals surface area (Å²) in [6.07, 6.45) is 3.82. The van der Waals surface area contributed by atoms with Crippen LogP contribution < -0.4 is 4.74 Å². The van der Waals surface area contributed by atoms with Gasteiger partial charge in [-0.3, -0.25) is 14.5 Å². The molecule has 2 saturated heterocycles. The molecule has 1 saturated carbocycles. The lowest BCUT2D eigenvalue weighted by Gasteiger charge is -2.45. The number of carbonyl (C=O) groups is 3. The Morgan fingerprint density at radius 1 is 1.14 bits per heavy atom. The minimum Gasteiger partial charge on any atom is -0.497 e. The van der Waals surface area contributed by atoms with Crippen molar-refractivity contribution in [1.82, 2.24) is 9.80 Å². The number of hydrogen-bond acceptors (Lipinski definition) is 5. The molecule has 1 N–H and O–H groups in total. The van der Waals surface area contributed by atoms with E-state index in [9.17, 15) is 19.5 Å². The molecule has 1 aromatic rings. The molecular weight excluding hydrogens is 376 g/mol. The number of ether oxygens (including phenoxy) is 2. The number of hydrogen-bond donors (Lipinski definition) is 1. The molecule has 2 heterocycles. The molecule has 156 valence electrons. The maximum atomic E-state index is 13.3. The molecule has 4 rings (SSSR count). The minimum absolute atomic E-state index is 0.0478. The van der Waals surface area contributed by atoms with Crippen LogP contribution in [-0.4, -0.2) is 71.3 Å². The fourth-order valence-electron chi connectivity index (χ4n) is 4.42. The molecule has 1 aliphatic carbocycles. The number of nitrogens with zero attached hydrogens (tertiary/aromatic N) is 2. The topological polar surface area (TPSA) is 96.4 Å². The first-order valence-corrected chi connectivity index (χ1v) is 10.1. The van der Waals surface area contributed by atoms with E-state index in [2.05, 4.69) is 0 Å². The smallest absolute Gasteiger partial charge is 0.328 e. The van der Waals surface area contributed by atoms with Crippen LogP contribution >= 0.6 is 0 Å². The molecule has 0 aromatic heterocycles. The van der Waals surface area contributed by atoms with Gasteiger partial charge in [0.1, 0.15) is 11.5 Å². The number of methoxy groups -OCH3 is 1. The number of piperidine rings is 1. The summed E-state index contributed by atoms with van der Waals surface area (Å²) in [7, 11) is 1.54. The summed E-state index contributed by atoms with van der Waals surface area (Å²) in [6.45, 7) is 0.885. The van der Waals surface area contributed by atoms with Crippen LogP contribution in [0.4, 0.5) is 0 Å². The normalized spacial score (nSPS) is 23.7. The number of aliphatic carboxylic acids is 1. The molecule has 0 unspecified atom stereocenters. The number of benzene rings is 1. The average molecular weight is 402 g/mol. The van der Waals surface area contributed by atoms with Gasteiger partial charge in [0.05, 0.1) is 13.7 Å². The van der Waals surface area contributed by atoms with E-state index in [0.29, 0.717) is 37.2 Å². The third-order valence-corrected chi connectivity index (χ3v) is 6.41. The molecular formula is C21H26N2O6. The number of carboxylic acid groups (broad SMARTS) is 1. The predicted molar refractivity (Wildman–Crippen MR) is 102 cm³/mol. The van der Waals surface area contributed by atoms with Crippen LogP contribution in [0.2, 0.25) is 0 Å². The molecule has 1 atom stereocenters. The monoisotopic (exact) mass is 402 g/mol. The highest BCUT2D eigenvalue weighted by atomic mass is 16.5. The van der Waals surface area contributed by atoms with Crippen molar-refractivity contribution in [1.29, 1.82) is 0 Å². The standard InChI is InChI=1S/C21H26N2O6/c1-28-16-7-5-15(6-8-16)19(25)23-17(20(26)27)13-29-21(23)9-11-22(12-10-21)18(24)14-3-2-4-14/h5-8,14,17H,2-4,9-13H2,1H3,(H,26,27)/t17-/m0/s1. The second-order valence-electron chi connectivity index (χ2n) is 7.97. The van der Waals surface area contributed by atoms with E-state index >= 15 is 0 Å². The van der Waals surface area contributed by atoms with Crippen LogP contribution in [0.25, 0.3) is 0 Å². The van der Waals surface area contributed by atoms with Gasteiger partial charge in [-0.15, -0.1) is 0 Å². The largest absolute Gasteiger partial charge is 0.497 e. The molecule has 0 radical (unpaired) electrons. The van der Waals surface area contributed by atoms with Gasteiger partial charge in [-0.05, 0) is 37.1 Å². The van der Waals surface area contributed by atoms with Gasteiger partial charge in [0.25, 0.3) is 5.91 Å². The van der Waals surface area contributed by atoms with Crippen molar-refractivity contribution in [3.8, 4) is 5.75 Å². The Bertz CT molecular complexity index is 796. The van der Waals surface area contributed by atoms with Crippen LogP contribution in [0, 0.1) is 5.92 Å². The fraction of sp³-hybridized carbons (Fsp3) is 0.571. The summed E-state index contributed by atoms with van der Waals surface area (Å²) in [5.74, 6) is -0.552. The zero-order valence-corrected chi connectivity index (χ0v) is 16.5. The van der Waals surface area contributed by atoms with Crippen LogP contribution in [0.5, 0.6) is 5.75 Å². The van der Waals surface area contributed by atoms with E-state index in [1.165, 1.54) is 4.90 Å².